The van der Waals surface area contributed by atoms with Crippen LogP contribution in [-0.2, 0) is 4.74 Å². The van der Waals surface area contributed by atoms with Crippen molar-refractivity contribution in [1.29, 1.82) is 0 Å². The highest BCUT2D eigenvalue weighted by molar-refractivity contribution is 4.91. The first-order chi connectivity index (χ1) is 6.61. The van der Waals surface area contributed by atoms with Crippen molar-refractivity contribution in [1.82, 2.24) is 0 Å². The fourth-order valence-corrected chi connectivity index (χ4v) is 1.58. The molecule has 5 atom stereocenters. The summed E-state index contributed by atoms with van der Waals surface area (Å²) in [6.45, 7) is -0.0886. The van der Waals surface area contributed by atoms with E-state index in [0.29, 0.717) is 13.0 Å². The van der Waals surface area contributed by atoms with E-state index in [4.69, 9.17) is 15.6 Å². The first-order valence-corrected chi connectivity index (χ1v) is 4.62. The van der Waals surface area contributed by atoms with Crippen LogP contribution >= 0.6 is 0 Å². The van der Waals surface area contributed by atoms with Gasteiger partial charge in [-0.05, 0) is 13.0 Å². The summed E-state index contributed by atoms with van der Waals surface area (Å²) >= 11 is 0. The molecule has 0 aromatic heterocycles. The van der Waals surface area contributed by atoms with E-state index in [1.54, 1.807) is 0 Å². The van der Waals surface area contributed by atoms with Gasteiger partial charge in [-0.25, -0.2) is 0 Å². The topological polar surface area (TPSA) is 116 Å². The minimum atomic E-state index is -1.29. The predicted octanol–water partition coefficient (Wildman–Crippen LogP) is -2.82. The average Bonchev–Trinajstić information content (AvgIpc) is 2.19. The minimum Gasteiger partial charge on any atom is -0.394 e. The van der Waals surface area contributed by atoms with Gasteiger partial charge < -0.3 is 30.9 Å². The maximum absolute atomic E-state index is 9.48. The number of nitrogens with two attached hydrogens (primary N) is 1. The van der Waals surface area contributed by atoms with Gasteiger partial charge in [-0.2, -0.15) is 0 Å². The molecular formula is C8H17NO5. The number of hydrogen-bond donors (Lipinski definition) is 5. The van der Waals surface area contributed by atoms with Crippen LogP contribution in [0.15, 0.2) is 0 Å². The molecule has 1 rings (SSSR count). The van der Waals surface area contributed by atoms with E-state index in [-0.39, 0.29) is 0 Å². The molecule has 0 spiro atoms. The van der Waals surface area contributed by atoms with E-state index in [2.05, 4.69) is 0 Å². The van der Waals surface area contributed by atoms with Crippen molar-refractivity contribution in [3.8, 4) is 0 Å². The van der Waals surface area contributed by atoms with Crippen molar-refractivity contribution in [3.05, 3.63) is 0 Å². The summed E-state index contributed by atoms with van der Waals surface area (Å²) in [7, 11) is 0. The van der Waals surface area contributed by atoms with Gasteiger partial charge in [0.25, 0.3) is 0 Å². The Labute approximate surface area is 81.9 Å². The van der Waals surface area contributed by atoms with Crippen LogP contribution in [0.2, 0.25) is 0 Å². The maximum Gasteiger partial charge on any atom is 0.111 e. The van der Waals surface area contributed by atoms with Crippen molar-refractivity contribution in [2.75, 3.05) is 13.2 Å². The molecule has 0 unspecified atom stereocenters. The molecule has 0 saturated carbocycles. The molecule has 1 aliphatic rings. The smallest absolute Gasteiger partial charge is 0.111 e. The lowest BCUT2D eigenvalue weighted by Gasteiger charge is -2.40. The van der Waals surface area contributed by atoms with Gasteiger partial charge in [0.15, 0.2) is 0 Å². The van der Waals surface area contributed by atoms with Crippen molar-refractivity contribution in [3.63, 3.8) is 0 Å². The van der Waals surface area contributed by atoms with Crippen LogP contribution < -0.4 is 5.73 Å². The monoisotopic (exact) mass is 207 g/mol. The van der Waals surface area contributed by atoms with Gasteiger partial charge in [-0.1, -0.05) is 0 Å². The molecule has 6 nitrogen and oxygen atoms in total. The number of aliphatic hydroxyl groups excluding tert-OH is 4. The molecule has 0 amide bonds. The van der Waals surface area contributed by atoms with E-state index in [9.17, 15) is 15.3 Å². The molecule has 14 heavy (non-hydrogen) atoms. The van der Waals surface area contributed by atoms with Crippen LogP contribution in [0.5, 0.6) is 0 Å². The van der Waals surface area contributed by atoms with Crippen molar-refractivity contribution < 1.29 is 25.2 Å². The zero-order chi connectivity index (χ0) is 10.7. The molecule has 1 heterocycles. The highest BCUT2D eigenvalue weighted by atomic mass is 16.5. The summed E-state index contributed by atoms with van der Waals surface area (Å²) < 4.78 is 5.18. The van der Waals surface area contributed by atoms with E-state index >= 15 is 0 Å². The Morgan fingerprint density at radius 2 is 1.57 bits per heavy atom. The third-order valence-corrected chi connectivity index (χ3v) is 2.44. The second-order valence-corrected chi connectivity index (χ2v) is 3.44. The molecule has 1 aliphatic heterocycles. The van der Waals surface area contributed by atoms with Crippen LogP contribution in [0.25, 0.3) is 0 Å². The SMILES string of the molecule is NCC[C@H]1O[C@H](CO)[C@@H](O)[C@H](O)[C@@H]1O. The van der Waals surface area contributed by atoms with E-state index in [1.807, 2.05) is 0 Å². The number of hydrogen-bond acceptors (Lipinski definition) is 6. The molecule has 0 bridgehead atoms. The van der Waals surface area contributed by atoms with Gasteiger partial charge in [0, 0.05) is 0 Å². The Bertz CT molecular complexity index is 175. The number of ether oxygens (including phenoxy) is 1. The van der Waals surface area contributed by atoms with Gasteiger partial charge in [0.1, 0.15) is 24.4 Å². The number of aliphatic hydroxyl groups is 4. The Balaban J connectivity index is 2.63. The van der Waals surface area contributed by atoms with Crippen molar-refractivity contribution >= 4 is 0 Å². The zero-order valence-electron chi connectivity index (χ0n) is 7.78. The second-order valence-electron chi connectivity index (χ2n) is 3.44. The Kier molecular flexibility index (Phi) is 4.24. The quantitative estimate of drug-likeness (QED) is 0.341. The molecule has 6 N–H and O–H groups in total. The first-order valence-electron chi connectivity index (χ1n) is 4.62. The van der Waals surface area contributed by atoms with Crippen LogP contribution in [0.3, 0.4) is 0 Å². The Morgan fingerprint density at radius 1 is 1.00 bits per heavy atom. The van der Waals surface area contributed by atoms with Gasteiger partial charge in [0.05, 0.1) is 12.7 Å². The lowest BCUT2D eigenvalue weighted by Crippen LogP contribution is -2.58. The van der Waals surface area contributed by atoms with Crippen molar-refractivity contribution in [2.45, 2.75) is 36.9 Å². The van der Waals surface area contributed by atoms with Gasteiger partial charge in [-0.3, -0.25) is 0 Å². The fraction of sp³-hybridized carbons (Fsp3) is 1.00. The summed E-state index contributed by atoms with van der Waals surface area (Å²) in [6.07, 6.45) is -4.82. The maximum atomic E-state index is 9.48. The van der Waals surface area contributed by atoms with E-state index < -0.39 is 37.1 Å². The minimum absolute atomic E-state index is 0.308. The number of rotatable bonds is 3. The molecule has 84 valence electrons. The summed E-state index contributed by atoms with van der Waals surface area (Å²) in [5, 5.41) is 37.1. The van der Waals surface area contributed by atoms with Crippen LogP contribution in [0.1, 0.15) is 6.42 Å². The highest BCUT2D eigenvalue weighted by Crippen LogP contribution is 2.22. The molecule has 1 saturated heterocycles. The lowest BCUT2D eigenvalue weighted by molar-refractivity contribution is -0.229. The molecule has 0 aromatic rings. The molecule has 0 aromatic carbocycles. The van der Waals surface area contributed by atoms with Crippen LogP contribution in [0.4, 0.5) is 0 Å². The van der Waals surface area contributed by atoms with Gasteiger partial charge in [0.2, 0.25) is 0 Å². The highest BCUT2D eigenvalue weighted by Gasteiger charge is 2.42. The summed E-state index contributed by atoms with van der Waals surface area (Å²) in [4.78, 5) is 0. The van der Waals surface area contributed by atoms with Crippen LogP contribution in [0, 0.1) is 0 Å². The predicted molar refractivity (Wildman–Crippen MR) is 47.4 cm³/mol. The Hall–Kier alpha value is -0.240. The summed E-state index contributed by atoms with van der Waals surface area (Å²) in [5.74, 6) is 0. The molecule has 0 radical (unpaired) electrons. The third kappa shape index (κ3) is 2.22. The van der Waals surface area contributed by atoms with E-state index in [1.165, 1.54) is 0 Å². The lowest BCUT2D eigenvalue weighted by atomic mass is 9.94. The molecule has 0 aliphatic carbocycles. The standard InChI is InChI=1S/C8H17NO5/c9-2-1-4-6(11)8(13)7(12)5(3-10)14-4/h4-8,10-13H,1-3,9H2/t4-,5-,6-,7-,8-/m1/s1. The zero-order valence-corrected chi connectivity index (χ0v) is 7.78. The van der Waals surface area contributed by atoms with Crippen molar-refractivity contribution in [2.24, 2.45) is 5.73 Å². The summed E-state index contributed by atoms with van der Waals surface area (Å²) in [6, 6.07) is 0. The third-order valence-electron chi connectivity index (χ3n) is 2.44. The Morgan fingerprint density at radius 3 is 2.07 bits per heavy atom. The molecular weight excluding hydrogens is 190 g/mol. The normalized spacial score (nSPS) is 43.9. The molecule has 6 heteroatoms. The molecule has 1 fully saturated rings. The second kappa shape index (κ2) is 5.01. The fourth-order valence-electron chi connectivity index (χ4n) is 1.58. The van der Waals surface area contributed by atoms with Crippen LogP contribution in [-0.4, -0.2) is 64.1 Å². The van der Waals surface area contributed by atoms with Gasteiger partial charge in [-0.15, -0.1) is 0 Å². The summed E-state index contributed by atoms with van der Waals surface area (Å²) in [5.41, 5.74) is 5.29. The first kappa shape index (κ1) is 11.8. The average molecular weight is 207 g/mol. The van der Waals surface area contributed by atoms with E-state index in [0.717, 1.165) is 0 Å². The largest absolute Gasteiger partial charge is 0.394 e. The van der Waals surface area contributed by atoms with Gasteiger partial charge >= 0.3 is 0 Å².